The van der Waals surface area contributed by atoms with Gasteiger partial charge in [-0.1, -0.05) is 19.8 Å². The lowest BCUT2D eigenvalue weighted by molar-refractivity contribution is 0.212. The zero-order chi connectivity index (χ0) is 15.5. The summed E-state index contributed by atoms with van der Waals surface area (Å²) in [5.41, 5.74) is 5.88. The van der Waals surface area contributed by atoms with Crippen molar-refractivity contribution in [1.29, 1.82) is 0 Å². The Bertz CT molecular complexity index is 637. The molecule has 2 heterocycles. The van der Waals surface area contributed by atoms with Gasteiger partial charge in [0.2, 0.25) is 5.95 Å². The van der Waals surface area contributed by atoms with Gasteiger partial charge in [-0.15, -0.1) is 12.4 Å². The molecule has 122 valence electrons. The molecule has 22 heavy (non-hydrogen) atoms. The van der Waals surface area contributed by atoms with Crippen molar-refractivity contribution in [3.05, 3.63) is 18.1 Å². The number of pyridine rings is 1. The molecule has 0 unspecified atom stereocenters. The quantitative estimate of drug-likeness (QED) is 0.753. The largest absolute Gasteiger partial charge is 0.394 e. The molecule has 1 atom stereocenters. The van der Waals surface area contributed by atoms with Crippen LogP contribution < -0.4 is 11.1 Å². The second-order valence-corrected chi connectivity index (χ2v) is 5.40. The average molecular weight is 330 g/mol. The molecule has 2 aromatic rings. The third-order valence-corrected chi connectivity index (χ3v) is 3.37. The number of nitrogens with two attached hydrogens (primary N) is 1. The van der Waals surface area contributed by atoms with Crippen molar-refractivity contribution in [2.45, 2.75) is 38.6 Å². The van der Waals surface area contributed by atoms with Gasteiger partial charge in [0.15, 0.2) is 5.82 Å². The number of hydrogen-bond acceptors (Lipinski definition) is 6. The minimum atomic E-state index is -0.542. The highest BCUT2D eigenvalue weighted by Gasteiger charge is 2.24. The first-order chi connectivity index (χ1) is 9.97. The Kier molecular flexibility index (Phi) is 6.25. The zero-order valence-electron chi connectivity index (χ0n) is 12.6. The SMILES string of the molecule is CCCC[C@@](C)(CO)Nc1nc(N)nc2cc(F)cnc12.Cl. The number of aromatic nitrogens is 3. The Balaban J connectivity index is 0.00000242. The van der Waals surface area contributed by atoms with Crippen LogP contribution in [0, 0.1) is 5.82 Å². The Morgan fingerprint density at radius 2 is 2.14 bits per heavy atom. The Labute approximate surface area is 134 Å². The normalized spacial score (nSPS) is 13.5. The fourth-order valence-electron chi connectivity index (χ4n) is 2.13. The molecule has 0 fully saturated rings. The summed E-state index contributed by atoms with van der Waals surface area (Å²) in [6.45, 7) is 3.93. The predicted octanol–water partition coefficient (Wildman–Crippen LogP) is 2.52. The van der Waals surface area contributed by atoms with Crippen LogP contribution in [-0.4, -0.2) is 32.2 Å². The third kappa shape index (κ3) is 4.14. The van der Waals surface area contributed by atoms with Gasteiger partial charge in [0.1, 0.15) is 11.3 Å². The maximum absolute atomic E-state index is 13.2. The number of rotatable bonds is 6. The number of nitrogens with one attached hydrogen (secondary N) is 1. The third-order valence-electron chi connectivity index (χ3n) is 3.37. The number of anilines is 2. The molecule has 0 aliphatic rings. The summed E-state index contributed by atoms with van der Waals surface area (Å²) in [7, 11) is 0. The maximum atomic E-state index is 13.2. The molecule has 4 N–H and O–H groups in total. The first-order valence-corrected chi connectivity index (χ1v) is 6.95. The fraction of sp³-hybridized carbons (Fsp3) is 0.500. The van der Waals surface area contributed by atoms with Gasteiger partial charge in [0, 0.05) is 6.07 Å². The number of fused-ring (bicyclic) bond motifs is 1. The van der Waals surface area contributed by atoms with E-state index in [0.717, 1.165) is 25.5 Å². The first-order valence-electron chi connectivity index (χ1n) is 6.95. The molecular formula is C14H21ClFN5O. The van der Waals surface area contributed by atoms with Gasteiger partial charge in [-0.2, -0.15) is 4.98 Å². The molecule has 0 aromatic carbocycles. The molecule has 0 saturated heterocycles. The summed E-state index contributed by atoms with van der Waals surface area (Å²) in [4.78, 5) is 12.1. The molecule has 0 amide bonds. The summed E-state index contributed by atoms with van der Waals surface area (Å²) in [5, 5.41) is 12.8. The van der Waals surface area contributed by atoms with Crippen molar-refractivity contribution >= 4 is 35.2 Å². The summed E-state index contributed by atoms with van der Waals surface area (Å²) in [6, 6.07) is 1.26. The first kappa shape index (κ1) is 18.3. The highest BCUT2D eigenvalue weighted by molar-refractivity contribution is 5.86. The van der Waals surface area contributed by atoms with Crippen molar-refractivity contribution in [2.24, 2.45) is 0 Å². The van der Waals surface area contributed by atoms with E-state index in [1.807, 2.05) is 6.92 Å². The van der Waals surface area contributed by atoms with Gasteiger partial charge in [0.05, 0.1) is 23.9 Å². The lowest BCUT2D eigenvalue weighted by atomic mass is 9.96. The zero-order valence-corrected chi connectivity index (χ0v) is 13.5. The van der Waals surface area contributed by atoms with Crippen molar-refractivity contribution in [3.8, 4) is 0 Å². The minimum absolute atomic E-state index is 0. The number of aliphatic hydroxyl groups excluding tert-OH is 1. The van der Waals surface area contributed by atoms with Gasteiger partial charge < -0.3 is 16.2 Å². The Hall–Kier alpha value is -1.73. The molecule has 0 aliphatic heterocycles. The van der Waals surface area contributed by atoms with Crippen molar-refractivity contribution < 1.29 is 9.50 Å². The molecule has 8 heteroatoms. The number of halogens is 2. The molecule has 6 nitrogen and oxygen atoms in total. The highest BCUT2D eigenvalue weighted by atomic mass is 35.5. The molecule has 0 aliphatic carbocycles. The number of aliphatic hydroxyl groups is 1. The molecule has 2 aromatic heterocycles. The topological polar surface area (TPSA) is 97.0 Å². The van der Waals surface area contributed by atoms with E-state index in [9.17, 15) is 9.50 Å². The van der Waals surface area contributed by atoms with Crippen LogP contribution in [0.4, 0.5) is 16.2 Å². The molecule has 2 rings (SSSR count). The van der Waals surface area contributed by atoms with Crippen LogP contribution >= 0.6 is 12.4 Å². The lowest BCUT2D eigenvalue weighted by Gasteiger charge is -2.29. The summed E-state index contributed by atoms with van der Waals surface area (Å²) in [6.07, 6.45) is 3.86. The van der Waals surface area contributed by atoms with Crippen LogP contribution in [0.2, 0.25) is 0 Å². The Morgan fingerprint density at radius 3 is 2.77 bits per heavy atom. The van der Waals surface area contributed by atoms with E-state index in [1.165, 1.54) is 6.07 Å². The van der Waals surface area contributed by atoms with Gasteiger partial charge in [-0.25, -0.2) is 14.4 Å². The van der Waals surface area contributed by atoms with E-state index in [4.69, 9.17) is 5.73 Å². The maximum Gasteiger partial charge on any atom is 0.222 e. The number of unbranched alkanes of at least 4 members (excludes halogenated alkanes) is 1. The molecular weight excluding hydrogens is 309 g/mol. The smallest absolute Gasteiger partial charge is 0.222 e. The monoisotopic (exact) mass is 329 g/mol. The number of hydrogen-bond donors (Lipinski definition) is 3. The molecule has 0 saturated carbocycles. The molecule has 0 bridgehead atoms. The number of nitrogens with zero attached hydrogens (tertiary/aromatic N) is 3. The summed E-state index contributed by atoms with van der Waals surface area (Å²) >= 11 is 0. The van der Waals surface area contributed by atoms with Gasteiger partial charge in [0.25, 0.3) is 0 Å². The summed E-state index contributed by atoms with van der Waals surface area (Å²) < 4.78 is 13.2. The van der Waals surface area contributed by atoms with E-state index < -0.39 is 11.4 Å². The van der Waals surface area contributed by atoms with Crippen LogP contribution in [-0.2, 0) is 0 Å². The molecule has 0 spiro atoms. The van der Waals surface area contributed by atoms with Gasteiger partial charge in [-0.3, -0.25) is 0 Å². The lowest BCUT2D eigenvalue weighted by Crippen LogP contribution is -2.39. The minimum Gasteiger partial charge on any atom is -0.394 e. The fourth-order valence-corrected chi connectivity index (χ4v) is 2.13. The Morgan fingerprint density at radius 1 is 1.41 bits per heavy atom. The average Bonchev–Trinajstić information content (AvgIpc) is 2.44. The second-order valence-electron chi connectivity index (χ2n) is 5.40. The van der Waals surface area contributed by atoms with Crippen molar-refractivity contribution in [3.63, 3.8) is 0 Å². The van der Waals surface area contributed by atoms with Crippen LogP contribution in [0.15, 0.2) is 12.3 Å². The van der Waals surface area contributed by atoms with Gasteiger partial charge in [-0.05, 0) is 13.3 Å². The van der Waals surface area contributed by atoms with Gasteiger partial charge >= 0.3 is 0 Å². The van der Waals surface area contributed by atoms with E-state index in [0.29, 0.717) is 16.9 Å². The van der Waals surface area contributed by atoms with E-state index in [1.54, 1.807) is 0 Å². The van der Waals surface area contributed by atoms with Crippen molar-refractivity contribution in [2.75, 3.05) is 17.7 Å². The van der Waals surface area contributed by atoms with Crippen LogP contribution in [0.3, 0.4) is 0 Å². The second kappa shape index (κ2) is 7.51. The van der Waals surface area contributed by atoms with Crippen molar-refractivity contribution in [1.82, 2.24) is 15.0 Å². The van der Waals surface area contributed by atoms with E-state index in [2.05, 4.69) is 27.2 Å². The van der Waals surface area contributed by atoms with Crippen LogP contribution in [0.25, 0.3) is 11.0 Å². The standard InChI is InChI=1S/C14H20FN5O.ClH/c1-3-4-5-14(2,8-21)20-12-11-10(18-13(16)19-12)6-9(15)7-17-11;/h6-7,21H,3-5,8H2,1-2H3,(H3,16,18,19,20);1H/t14-;/m0./s1. The van der Waals surface area contributed by atoms with Crippen LogP contribution in [0.1, 0.15) is 33.1 Å². The highest BCUT2D eigenvalue weighted by Crippen LogP contribution is 2.25. The van der Waals surface area contributed by atoms with E-state index >= 15 is 0 Å². The predicted molar refractivity (Wildman–Crippen MR) is 87.6 cm³/mol. The number of nitrogen functional groups attached to an aromatic ring is 1. The molecule has 0 radical (unpaired) electrons. The van der Waals surface area contributed by atoms with E-state index in [-0.39, 0.29) is 25.0 Å². The van der Waals surface area contributed by atoms with Crippen LogP contribution in [0.5, 0.6) is 0 Å². The summed E-state index contributed by atoms with van der Waals surface area (Å²) in [5.74, 6) is -0.0409.